The highest BCUT2D eigenvalue weighted by Gasteiger charge is 2.25. The molecule has 0 saturated heterocycles. The molecule has 19 heavy (non-hydrogen) atoms. The highest BCUT2D eigenvalue weighted by Crippen LogP contribution is 2.37. The molecule has 0 fully saturated rings. The number of carbonyl (C=O) groups is 1. The first-order chi connectivity index (χ1) is 9.02. The number of aliphatic hydroxyl groups is 1. The second-order valence-corrected chi connectivity index (χ2v) is 5.04. The summed E-state index contributed by atoms with van der Waals surface area (Å²) in [7, 11) is 0. The predicted octanol–water partition coefficient (Wildman–Crippen LogP) is 2.40. The standard InChI is InChI=1S/C15H21NO3/c1-4-14(18)16-13-5-6-19-15-9(2)7-11(10(3)17)8-12(13)15/h7-8,10,13,17H,4-6H2,1-3H3,(H,16,18). The van der Waals surface area contributed by atoms with Crippen LogP contribution in [-0.2, 0) is 4.79 Å². The number of carbonyl (C=O) groups excluding carboxylic acids is 1. The van der Waals surface area contributed by atoms with E-state index in [-0.39, 0.29) is 11.9 Å². The molecule has 4 nitrogen and oxygen atoms in total. The summed E-state index contributed by atoms with van der Waals surface area (Å²) in [6, 6.07) is 3.86. The van der Waals surface area contributed by atoms with Gasteiger partial charge in [0, 0.05) is 18.4 Å². The molecule has 0 spiro atoms. The Morgan fingerprint density at radius 1 is 1.58 bits per heavy atom. The highest BCUT2D eigenvalue weighted by molar-refractivity contribution is 5.76. The van der Waals surface area contributed by atoms with Crippen LogP contribution in [0.1, 0.15) is 55.5 Å². The monoisotopic (exact) mass is 263 g/mol. The normalized spacial score (nSPS) is 19.3. The van der Waals surface area contributed by atoms with E-state index in [1.807, 2.05) is 26.0 Å². The zero-order valence-electron chi connectivity index (χ0n) is 11.7. The predicted molar refractivity (Wildman–Crippen MR) is 73.1 cm³/mol. The van der Waals surface area contributed by atoms with E-state index < -0.39 is 6.10 Å². The van der Waals surface area contributed by atoms with E-state index in [1.165, 1.54) is 0 Å². The van der Waals surface area contributed by atoms with Crippen LogP contribution in [0.5, 0.6) is 5.75 Å². The molecule has 0 radical (unpaired) electrons. The number of amides is 1. The van der Waals surface area contributed by atoms with Crippen molar-refractivity contribution in [3.8, 4) is 5.75 Å². The number of ether oxygens (including phenoxy) is 1. The van der Waals surface area contributed by atoms with Crippen LogP contribution < -0.4 is 10.1 Å². The molecule has 2 unspecified atom stereocenters. The van der Waals surface area contributed by atoms with E-state index in [4.69, 9.17) is 4.74 Å². The molecule has 104 valence electrons. The third-order valence-corrected chi connectivity index (χ3v) is 3.49. The van der Waals surface area contributed by atoms with Crippen molar-refractivity contribution >= 4 is 5.91 Å². The maximum Gasteiger partial charge on any atom is 0.220 e. The highest BCUT2D eigenvalue weighted by atomic mass is 16.5. The number of rotatable bonds is 3. The van der Waals surface area contributed by atoms with Crippen LogP contribution in [0.3, 0.4) is 0 Å². The summed E-state index contributed by atoms with van der Waals surface area (Å²) in [5.74, 6) is 0.884. The minimum atomic E-state index is -0.520. The van der Waals surface area contributed by atoms with E-state index in [2.05, 4.69) is 5.32 Å². The van der Waals surface area contributed by atoms with Crippen molar-refractivity contribution in [2.75, 3.05) is 6.61 Å². The Labute approximate surface area is 113 Å². The van der Waals surface area contributed by atoms with Crippen molar-refractivity contribution in [3.63, 3.8) is 0 Å². The van der Waals surface area contributed by atoms with E-state index in [0.717, 1.165) is 28.9 Å². The third-order valence-electron chi connectivity index (χ3n) is 3.49. The number of aryl methyl sites for hydroxylation is 1. The number of aliphatic hydroxyl groups excluding tert-OH is 1. The lowest BCUT2D eigenvalue weighted by molar-refractivity contribution is -0.121. The fourth-order valence-electron chi connectivity index (χ4n) is 2.41. The van der Waals surface area contributed by atoms with Gasteiger partial charge >= 0.3 is 0 Å². The molecule has 0 bridgehead atoms. The second-order valence-electron chi connectivity index (χ2n) is 5.04. The van der Waals surface area contributed by atoms with Crippen LogP contribution in [0.25, 0.3) is 0 Å². The summed E-state index contributed by atoms with van der Waals surface area (Å²) in [6.07, 6.45) is 0.719. The van der Waals surface area contributed by atoms with Crippen molar-refractivity contribution in [1.82, 2.24) is 5.32 Å². The maximum atomic E-state index is 11.6. The van der Waals surface area contributed by atoms with Crippen molar-refractivity contribution in [2.24, 2.45) is 0 Å². The molecule has 0 saturated carbocycles. The molecule has 2 rings (SSSR count). The van der Waals surface area contributed by atoms with Crippen molar-refractivity contribution in [3.05, 3.63) is 28.8 Å². The summed E-state index contributed by atoms with van der Waals surface area (Å²) in [5.41, 5.74) is 2.84. The van der Waals surface area contributed by atoms with Gasteiger partial charge in [0.2, 0.25) is 5.91 Å². The average molecular weight is 263 g/mol. The smallest absolute Gasteiger partial charge is 0.220 e. The largest absolute Gasteiger partial charge is 0.493 e. The summed E-state index contributed by atoms with van der Waals surface area (Å²) in [5, 5.41) is 12.8. The first-order valence-electron chi connectivity index (χ1n) is 6.77. The Kier molecular flexibility index (Phi) is 4.10. The summed E-state index contributed by atoms with van der Waals surface area (Å²) < 4.78 is 5.70. The van der Waals surface area contributed by atoms with Gasteiger partial charge in [-0.25, -0.2) is 0 Å². The van der Waals surface area contributed by atoms with Crippen LogP contribution in [0.15, 0.2) is 12.1 Å². The molecule has 1 amide bonds. The molecule has 1 heterocycles. The first-order valence-corrected chi connectivity index (χ1v) is 6.77. The number of fused-ring (bicyclic) bond motifs is 1. The molecule has 1 aromatic rings. The molecular weight excluding hydrogens is 242 g/mol. The van der Waals surface area contributed by atoms with Crippen LogP contribution in [0, 0.1) is 6.92 Å². The average Bonchev–Trinajstić information content (AvgIpc) is 2.39. The topological polar surface area (TPSA) is 58.6 Å². The zero-order chi connectivity index (χ0) is 14.0. The van der Waals surface area contributed by atoms with Crippen molar-refractivity contribution in [1.29, 1.82) is 0 Å². The number of hydrogen-bond donors (Lipinski definition) is 2. The van der Waals surface area contributed by atoms with Crippen molar-refractivity contribution in [2.45, 2.75) is 45.8 Å². The molecular formula is C15H21NO3. The lowest BCUT2D eigenvalue weighted by atomic mass is 9.94. The molecule has 0 aliphatic carbocycles. The van der Waals surface area contributed by atoms with Gasteiger partial charge in [-0.1, -0.05) is 6.92 Å². The summed E-state index contributed by atoms with van der Waals surface area (Å²) in [4.78, 5) is 11.6. The van der Waals surface area contributed by atoms with Gasteiger partial charge in [0.1, 0.15) is 5.75 Å². The van der Waals surface area contributed by atoms with E-state index >= 15 is 0 Å². The van der Waals surface area contributed by atoms with Gasteiger partial charge in [0.25, 0.3) is 0 Å². The molecule has 4 heteroatoms. The molecule has 1 aliphatic rings. The number of nitrogens with one attached hydrogen (secondary N) is 1. The van der Waals surface area contributed by atoms with Crippen molar-refractivity contribution < 1.29 is 14.6 Å². The molecule has 1 aromatic carbocycles. The van der Waals surface area contributed by atoms with Gasteiger partial charge in [0.15, 0.2) is 0 Å². The van der Waals surface area contributed by atoms with E-state index in [9.17, 15) is 9.90 Å². The van der Waals surface area contributed by atoms with Crippen LogP contribution >= 0.6 is 0 Å². The van der Waals surface area contributed by atoms with Gasteiger partial charge in [-0.3, -0.25) is 4.79 Å². The Hall–Kier alpha value is -1.55. The minimum Gasteiger partial charge on any atom is -0.493 e. The number of hydrogen-bond acceptors (Lipinski definition) is 3. The quantitative estimate of drug-likeness (QED) is 0.880. The van der Waals surface area contributed by atoms with E-state index in [1.54, 1.807) is 6.92 Å². The maximum absolute atomic E-state index is 11.6. The third kappa shape index (κ3) is 2.89. The summed E-state index contributed by atoms with van der Waals surface area (Å²) >= 11 is 0. The van der Waals surface area contributed by atoms with E-state index in [0.29, 0.717) is 13.0 Å². The Bertz CT molecular complexity index is 483. The van der Waals surface area contributed by atoms with Crippen LogP contribution in [-0.4, -0.2) is 17.6 Å². The summed E-state index contributed by atoms with van der Waals surface area (Å²) in [6.45, 7) is 6.16. The molecule has 2 N–H and O–H groups in total. The first kappa shape index (κ1) is 13.9. The lowest BCUT2D eigenvalue weighted by Gasteiger charge is -2.29. The SMILES string of the molecule is CCC(=O)NC1CCOc2c(C)cc(C(C)O)cc21. The molecule has 0 aromatic heterocycles. The molecule has 2 atom stereocenters. The Balaban J connectivity index is 2.38. The fraction of sp³-hybridized carbons (Fsp3) is 0.533. The fourth-order valence-corrected chi connectivity index (χ4v) is 2.41. The lowest BCUT2D eigenvalue weighted by Crippen LogP contribution is -2.32. The van der Waals surface area contributed by atoms with Crippen LogP contribution in [0.2, 0.25) is 0 Å². The second kappa shape index (κ2) is 5.61. The van der Waals surface area contributed by atoms with Gasteiger partial charge in [0.05, 0.1) is 18.8 Å². The Morgan fingerprint density at radius 3 is 2.95 bits per heavy atom. The number of benzene rings is 1. The molecule has 1 aliphatic heterocycles. The van der Waals surface area contributed by atoms with Gasteiger partial charge in [-0.05, 0) is 37.1 Å². The minimum absolute atomic E-state index is 0.0198. The van der Waals surface area contributed by atoms with Gasteiger partial charge in [-0.2, -0.15) is 0 Å². The zero-order valence-corrected chi connectivity index (χ0v) is 11.7. The van der Waals surface area contributed by atoms with Crippen LogP contribution in [0.4, 0.5) is 0 Å². The van der Waals surface area contributed by atoms with Gasteiger partial charge < -0.3 is 15.2 Å². The Morgan fingerprint density at radius 2 is 2.32 bits per heavy atom. The van der Waals surface area contributed by atoms with Gasteiger partial charge in [-0.15, -0.1) is 0 Å².